The van der Waals surface area contributed by atoms with E-state index in [0.29, 0.717) is 23.3 Å². The van der Waals surface area contributed by atoms with Gasteiger partial charge in [-0.15, -0.1) is 11.3 Å². The van der Waals surface area contributed by atoms with Crippen molar-refractivity contribution < 1.29 is 9.47 Å². The van der Waals surface area contributed by atoms with E-state index in [1.54, 1.807) is 11.3 Å². The predicted molar refractivity (Wildman–Crippen MR) is 118 cm³/mol. The van der Waals surface area contributed by atoms with Crippen molar-refractivity contribution in [2.45, 2.75) is 20.1 Å². The van der Waals surface area contributed by atoms with Gasteiger partial charge in [-0.05, 0) is 61.5 Å². The Hall–Kier alpha value is -2.20. The monoisotopic (exact) mass is 428 g/mol. The maximum Gasteiger partial charge on any atom is 0.123 e. The van der Waals surface area contributed by atoms with Crippen LogP contribution in [0.4, 0.5) is 0 Å². The number of halogens is 2. The van der Waals surface area contributed by atoms with Crippen LogP contribution in [0.25, 0.3) is 10.1 Å². The zero-order chi connectivity index (χ0) is 19.5. The highest BCUT2D eigenvalue weighted by atomic mass is 35.5. The minimum atomic E-state index is 0.461. The Morgan fingerprint density at radius 3 is 2.07 bits per heavy atom. The van der Waals surface area contributed by atoms with Crippen molar-refractivity contribution in [2.24, 2.45) is 0 Å². The Morgan fingerprint density at radius 1 is 0.750 bits per heavy atom. The van der Waals surface area contributed by atoms with Crippen LogP contribution in [-0.2, 0) is 13.2 Å². The molecule has 0 spiro atoms. The summed E-state index contributed by atoms with van der Waals surface area (Å²) in [4.78, 5) is 1.12. The van der Waals surface area contributed by atoms with Gasteiger partial charge in [-0.25, -0.2) is 0 Å². The molecule has 0 N–H and O–H groups in total. The molecule has 3 aromatic carbocycles. The number of ether oxygens (including phenoxy) is 2. The fraction of sp³-hybridized carbons (Fsp3) is 0.130. The summed E-state index contributed by atoms with van der Waals surface area (Å²) in [6, 6.07) is 21.4. The van der Waals surface area contributed by atoms with Crippen molar-refractivity contribution in [2.75, 3.05) is 0 Å². The second-order valence-corrected chi connectivity index (χ2v) is 8.50. The van der Waals surface area contributed by atoms with Crippen LogP contribution in [0.2, 0.25) is 10.0 Å². The van der Waals surface area contributed by atoms with Gasteiger partial charge in [-0.2, -0.15) is 0 Å². The van der Waals surface area contributed by atoms with E-state index in [2.05, 4.69) is 6.92 Å². The molecule has 0 radical (unpaired) electrons. The van der Waals surface area contributed by atoms with Crippen LogP contribution in [0, 0.1) is 6.92 Å². The largest absolute Gasteiger partial charge is 0.489 e. The Labute approximate surface area is 178 Å². The van der Waals surface area contributed by atoms with Crippen LogP contribution >= 0.6 is 34.5 Å². The molecule has 2 nitrogen and oxygen atoms in total. The minimum Gasteiger partial charge on any atom is -0.489 e. The third-order valence-corrected chi connectivity index (χ3v) is 6.10. The van der Waals surface area contributed by atoms with E-state index in [1.165, 1.54) is 10.3 Å². The normalized spacial score (nSPS) is 11.0. The molecule has 1 aromatic heterocycles. The molecular weight excluding hydrogens is 411 g/mol. The maximum absolute atomic E-state index is 6.24. The van der Waals surface area contributed by atoms with E-state index >= 15 is 0 Å². The number of benzene rings is 3. The third kappa shape index (κ3) is 4.44. The highest BCUT2D eigenvalue weighted by molar-refractivity contribution is 7.19. The van der Waals surface area contributed by atoms with Crippen molar-refractivity contribution >= 4 is 44.6 Å². The molecule has 4 aromatic rings. The molecule has 0 amide bonds. The molecule has 4 rings (SSSR count). The summed E-state index contributed by atoms with van der Waals surface area (Å²) in [5.74, 6) is 1.63. The first-order chi connectivity index (χ1) is 13.6. The molecule has 142 valence electrons. The minimum absolute atomic E-state index is 0.461. The molecule has 28 heavy (non-hydrogen) atoms. The molecule has 0 aliphatic rings. The Balaban J connectivity index is 1.60. The zero-order valence-electron chi connectivity index (χ0n) is 15.2. The fourth-order valence-corrected chi connectivity index (χ4v) is 4.32. The maximum atomic E-state index is 6.24. The summed E-state index contributed by atoms with van der Waals surface area (Å²) < 4.78 is 13.2. The summed E-state index contributed by atoms with van der Waals surface area (Å²) in [5, 5.41) is 2.52. The molecule has 0 saturated heterocycles. The molecule has 0 saturated carbocycles. The van der Waals surface area contributed by atoms with Crippen LogP contribution < -0.4 is 9.47 Å². The lowest BCUT2D eigenvalue weighted by molar-refractivity contribution is 0.290. The molecule has 0 aliphatic carbocycles. The van der Waals surface area contributed by atoms with Gasteiger partial charge in [0.2, 0.25) is 0 Å². The Kier molecular flexibility index (Phi) is 5.77. The predicted octanol–water partition coefficient (Wildman–Crippen LogP) is 7.67. The van der Waals surface area contributed by atoms with E-state index in [1.807, 2.05) is 66.7 Å². The van der Waals surface area contributed by atoms with Crippen LogP contribution in [0.3, 0.4) is 0 Å². The zero-order valence-corrected chi connectivity index (χ0v) is 17.6. The van der Waals surface area contributed by atoms with Crippen molar-refractivity contribution in [3.8, 4) is 11.5 Å². The average Bonchev–Trinajstić information content (AvgIpc) is 3.04. The first-order valence-electron chi connectivity index (χ1n) is 8.86. The van der Waals surface area contributed by atoms with Gasteiger partial charge in [0, 0.05) is 30.6 Å². The lowest BCUT2D eigenvalue weighted by Crippen LogP contribution is -2.01. The van der Waals surface area contributed by atoms with Crippen molar-refractivity contribution in [1.29, 1.82) is 0 Å². The summed E-state index contributed by atoms with van der Waals surface area (Å²) in [6.07, 6.45) is 0. The van der Waals surface area contributed by atoms with Crippen LogP contribution in [0.1, 0.15) is 16.0 Å². The molecule has 0 bridgehead atoms. The highest BCUT2D eigenvalue weighted by Gasteiger charge is 2.14. The van der Waals surface area contributed by atoms with Crippen LogP contribution in [0.15, 0.2) is 66.7 Å². The highest BCUT2D eigenvalue weighted by Crippen LogP contribution is 2.35. The molecule has 0 atom stereocenters. The first-order valence-corrected chi connectivity index (χ1v) is 10.4. The molecular formula is C23H18Cl2O2S. The van der Waals surface area contributed by atoms with Crippen LogP contribution in [-0.4, -0.2) is 0 Å². The smallest absolute Gasteiger partial charge is 0.123 e. The number of hydrogen-bond donors (Lipinski definition) is 0. The SMILES string of the molecule is Cc1ccc(OCc2c(COc3ccc(Cl)cc3)sc3ccc(Cl)cc23)cc1. The summed E-state index contributed by atoms with van der Waals surface area (Å²) in [7, 11) is 0. The number of hydrogen-bond acceptors (Lipinski definition) is 3. The van der Waals surface area contributed by atoms with Gasteiger partial charge in [0.25, 0.3) is 0 Å². The lowest BCUT2D eigenvalue weighted by atomic mass is 10.1. The summed E-state index contributed by atoms with van der Waals surface area (Å²) in [6.45, 7) is 2.98. The molecule has 0 unspecified atom stereocenters. The quantitative estimate of drug-likeness (QED) is 0.313. The summed E-state index contributed by atoms with van der Waals surface area (Å²) >= 11 is 13.9. The van der Waals surface area contributed by atoms with Crippen molar-refractivity contribution in [3.05, 3.63) is 92.8 Å². The second-order valence-electron chi connectivity index (χ2n) is 6.49. The van der Waals surface area contributed by atoms with Gasteiger partial charge in [0.1, 0.15) is 24.7 Å². The number of aryl methyl sites for hydroxylation is 1. The van der Waals surface area contributed by atoms with E-state index in [4.69, 9.17) is 32.7 Å². The topological polar surface area (TPSA) is 18.5 Å². The number of rotatable bonds is 6. The Bertz CT molecular complexity index is 1090. The Morgan fingerprint density at radius 2 is 1.36 bits per heavy atom. The van der Waals surface area contributed by atoms with Gasteiger partial charge >= 0.3 is 0 Å². The van der Waals surface area contributed by atoms with Crippen molar-refractivity contribution in [3.63, 3.8) is 0 Å². The van der Waals surface area contributed by atoms with Gasteiger partial charge < -0.3 is 9.47 Å². The van der Waals surface area contributed by atoms with Gasteiger partial charge in [0.15, 0.2) is 0 Å². The molecule has 0 fully saturated rings. The lowest BCUT2D eigenvalue weighted by Gasteiger charge is -2.10. The van der Waals surface area contributed by atoms with Gasteiger partial charge in [0.05, 0.1) is 0 Å². The average molecular weight is 429 g/mol. The molecule has 0 aliphatic heterocycles. The fourth-order valence-electron chi connectivity index (χ4n) is 2.92. The van der Waals surface area contributed by atoms with E-state index in [9.17, 15) is 0 Å². The number of fused-ring (bicyclic) bond motifs is 1. The van der Waals surface area contributed by atoms with Gasteiger partial charge in [-0.3, -0.25) is 0 Å². The first kappa shape index (κ1) is 19.1. The van der Waals surface area contributed by atoms with Crippen molar-refractivity contribution in [1.82, 2.24) is 0 Å². The molecule has 1 heterocycles. The van der Waals surface area contributed by atoms with Crippen LogP contribution in [0.5, 0.6) is 11.5 Å². The van der Waals surface area contributed by atoms with E-state index < -0.39 is 0 Å². The van der Waals surface area contributed by atoms with E-state index in [0.717, 1.165) is 27.3 Å². The summed E-state index contributed by atoms with van der Waals surface area (Å²) in [5.41, 5.74) is 2.31. The van der Waals surface area contributed by atoms with E-state index in [-0.39, 0.29) is 0 Å². The second kappa shape index (κ2) is 8.44. The number of thiophene rings is 1. The molecule has 5 heteroatoms. The third-order valence-electron chi connectivity index (χ3n) is 4.42. The van der Waals surface area contributed by atoms with Gasteiger partial charge in [-0.1, -0.05) is 40.9 Å². The standard InChI is InChI=1S/C23H18Cl2O2S/c1-15-2-7-18(8-3-15)26-13-21-20-12-17(25)6-11-22(20)28-23(21)14-27-19-9-4-16(24)5-10-19/h2-12H,13-14H2,1H3.